The Balaban J connectivity index is 1.69. The van der Waals surface area contributed by atoms with E-state index in [0.717, 1.165) is 17.7 Å². The summed E-state index contributed by atoms with van der Waals surface area (Å²) in [4.78, 5) is 10.4. The normalized spacial score (nSPS) is 17.9. The molecule has 2 aromatic rings. The number of pyridine rings is 1. The van der Waals surface area contributed by atoms with E-state index < -0.39 is 17.8 Å². The van der Waals surface area contributed by atoms with Gasteiger partial charge in [-0.1, -0.05) is 18.2 Å². The lowest BCUT2D eigenvalue weighted by atomic mass is 10.0. The minimum Gasteiger partial charge on any atom is -0.481 e. The highest BCUT2D eigenvalue weighted by Crippen LogP contribution is 2.32. The molecule has 1 aliphatic rings. The first-order chi connectivity index (χ1) is 13.9. The number of hydrogen-bond acceptors (Lipinski definition) is 4. The van der Waals surface area contributed by atoms with E-state index in [2.05, 4.69) is 15.3 Å². The number of nitrogens with one attached hydrogen (secondary N) is 1. The molecule has 0 radical (unpaired) electrons. The summed E-state index contributed by atoms with van der Waals surface area (Å²) in [5.74, 6) is 1.16. The first-order valence-electron chi connectivity index (χ1n) is 9.14. The third-order valence-electron chi connectivity index (χ3n) is 4.64. The van der Waals surface area contributed by atoms with Crippen molar-refractivity contribution in [1.29, 1.82) is 0 Å². The number of aliphatic imine (C=N–C) groups is 1. The van der Waals surface area contributed by atoms with Crippen LogP contribution in [0.5, 0.6) is 5.88 Å². The van der Waals surface area contributed by atoms with Gasteiger partial charge >= 0.3 is 6.18 Å². The molecule has 0 saturated carbocycles. The minimum atomic E-state index is -4.38. The molecule has 0 bridgehead atoms. The third-order valence-corrected chi connectivity index (χ3v) is 4.64. The van der Waals surface area contributed by atoms with Gasteiger partial charge in [-0.05, 0) is 23.8 Å². The molecular weight excluding hydrogens is 385 g/mol. The summed E-state index contributed by atoms with van der Waals surface area (Å²) < 4.78 is 50.1. The summed E-state index contributed by atoms with van der Waals surface area (Å²) >= 11 is 0. The van der Waals surface area contributed by atoms with Crippen LogP contribution >= 0.6 is 0 Å². The molecule has 1 aromatic carbocycles. The SMILES string of the molecule is CN=C(NCc1cccnc1OC)N1CCOC(c2cccc(C(F)(F)F)c2)C1. The Morgan fingerprint density at radius 3 is 2.90 bits per heavy atom. The van der Waals surface area contributed by atoms with Crippen molar-refractivity contribution in [3.8, 4) is 5.88 Å². The van der Waals surface area contributed by atoms with E-state index in [4.69, 9.17) is 9.47 Å². The molecule has 1 saturated heterocycles. The van der Waals surface area contributed by atoms with Crippen LogP contribution in [0.1, 0.15) is 22.8 Å². The van der Waals surface area contributed by atoms with E-state index in [-0.39, 0.29) is 0 Å². The van der Waals surface area contributed by atoms with Gasteiger partial charge in [0.2, 0.25) is 5.88 Å². The number of hydrogen-bond donors (Lipinski definition) is 1. The van der Waals surface area contributed by atoms with Gasteiger partial charge in [-0.15, -0.1) is 0 Å². The zero-order chi connectivity index (χ0) is 20.9. The average molecular weight is 408 g/mol. The lowest BCUT2D eigenvalue weighted by Crippen LogP contribution is -2.48. The van der Waals surface area contributed by atoms with Crippen molar-refractivity contribution in [2.45, 2.75) is 18.8 Å². The van der Waals surface area contributed by atoms with Crippen LogP contribution in [0.4, 0.5) is 13.2 Å². The molecular formula is C20H23F3N4O2. The van der Waals surface area contributed by atoms with Crippen molar-refractivity contribution in [3.63, 3.8) is 0 Å². The fraction of sp³-hybridized carbons (Fsp3) is 0.400. The zero-order valence-electron chi connectivity index (χ0n) is 16.2. The maximum atomic E-state index is 13.0. The second-order valence-electron chi connectivity index (χ2n) is 6.50. The number of methoxy groups -OCH3 is 1. The smallest absolute Gasteiger partial charge is 0.416 e. The third kappa shape index (κ3) is 5.17. The Hall–Kier alpha value is -2.81. The fourth-order valence-corrected chi connectivity index (χ4v) is 3.21. The molecule has 6 nitrogen and oxygen atoms in total. The van der Waals surface area contributed by atoms with Crippen LogP contribution in [0.15, 0.2) is 47.6 Å². The Labute approximate surface area is 167 Å². The highest BCUT2D eigenvalue weighted by molar-refractivity contribution is 5.80. The number of aromatic nitrogens is 1. The van der Waals surface area contributed by atoms with Crippen LogP contribution in [0, 0.1) is 0 Å². The van der Waals surface area contributed by atoms with Crippen LogP contribution in [-0.4, -0.2) is 49.7 Å². The molecule has 0 amide bonds. The highest BCUT2D eigenvalue weighted by Gasteiger charge is 2.32. The van der Waals surface area contributed by atoms with Crippen molar-refractivity contribution < 1.29 is 22.6 Å². The number of benzene rings is 1. The van der Waals surface area contributed by atoms with Crippen molar-refractivity contribution in [1.82, 2.24) is 15.2 Å². The molecule has 0 aliphatic carbocycles. The summed E-state index contributed by atoms with van der Waals surface area (Å²) in [7, 11) is 3.22. The van der Waals surface area contributed by atoms with Crippen LogP contribution < -0.4 is 10.1 Å². The number of halogens is 3. The van der Waals surface area contributed by atoms with Crippen LogP contribution in [-0.2, 0) is 17.5 Å². The monoisotopic (exact) mass is 408 g/mol. The molecule has 29 heavy (non-hydrogen) atoms. The summed E-state index contributed by atoms with van der Waals surface area (Å²) in [6, 6.07) is 8.98. The number of guanidine groups is 1. The maximum Gasteiger partial charge on any atom is 0.416 e. The van der Waals surface area contributed by atoms with Gasteiger partial charge in [0.1, 0.15) is 6.10 Å². The van der Waals surface area contributed by atoms with Crippen molar-refractivity contribution in [3.05, 3.63) is 59.3 Å². The van der Waals surface area contributed by atoms with Crippen LogP contribution in [0.3, 0.4) is 0 Å². The molecule has 1 aliphatic heterocycles. The molecule has 1 aromatic heterocycles. The Morgan fingerprint density at radius 1 is 1.34 bits per heavy atom. The number of nitrogens with zero attached hydrogens (tertiary/aromatic N) is 3. The Morgan fingerprint density at radius 2 is 2.17 bits per heavy atom. The van der Waals surface area contributed by atoms with E-state index in [1.165, 1.54) is 6.07 Å². The summed E-state index contributed by atoms with van der Waals surface area (Å²) in [5.41, 5.74) is 0.689. The van der Waals surface area contributed by atoms with Crippen LogP contribution in [0.2, 0.25) is 0 Å². The first-order valence-corrected chi connectivity index (χ1v) is 9.14. The van der Waals surface area contributed by atoms with Crippen molar-refractivity contribution >= 4 is 5.96 Å². The standard InChI is InChI=1S/C20H23F3N4O2/c1-24-19(26-12-15-6-4-8-25-18(15)28-2)27-9-10-29-17(13-27)14-5-3-7-16(11-14)20(21,22)23/h3-8,11,17H,9-10,12-13H2,1-2H3,(H,24,26). The average Bonchev–Trinajstić information content (AvgIpc) is 2.74. The van der Waals surface area contributed by atoms with Gasteiger partial charge in [0.15, 0.2) is 5.96 Å². The molecule has 1 unspecified atom stereocenters. The van der Waals surface area contributed by atoms with Gasteiger partial charge < -0.3 is 19.7 Å². The van der Waals surface area contributed by atoms with E-state index in [0.29, 0.717) is 43.6 Å². The van der Waals surface area contributed by atoms with Crippen LogP contribution in [0.25, 0.3) is 0 Å². The van der Waals surface area contributed by atoms with Gasteiger partial charge in [0, 0.05) is 31.9 Å². The van der Waals surface area contributed by atoms with Gasteiger partial charge in [-0.2, -0.15) is 13.2 Å². The van der Waals surface area contributed by atoms with Crippen molar-refractivity contribution in [2.75, 3.05) is 33.9 Å². The van der Waals surface area contributed by atoms with E-state index in [1.807, 2.05) is 17.0 Å². The maximum absolute atomic E-state index is 13.0. The Bertz CT molecular complexity index is 858. The van der Waals surface area contributed by atoms with Gasteiger partial charge in [-0.25, -0.2) is 4.98 Å². The fourth-order valence-electron chi connectivity index (χ4n) is 3.21. The summed E-state index contributed by atoms with van der Waals surface area (Å²) in [6.45, 7) is 1.82. The lowest BCUT2D eigenvalue weighted by Gasteiger charge is -2.35. The second kappa shape index (κ2) is 9.13. The van der Waals surface area contributed by atoms with E-state index in [1.54, 1.807) is 26.4 Å². The van der Waals surface area contributed by atoms with Gasteiger partial charge in [-0.3, -0.25) is 4.99 Å². The van der Waals surface area contributed by atoms with Gasteiger partial charge in [0.05, 0.1) is 25.8 Å². The molecule has 9 heteroatoms. The van der Waals surface area contributed by atoms with E-state index >= 15 is 0 Å². The predicted molar refractivity (Wildman–Crippen MR) is 103 cm³/mol. The molecule has 3 rings (SSSR count). The molecule has 156 valence electrons. The molecule has 1 atom stereocenters. The quantitative estimate of drug-likeness (QED) is 0.622. The number of rotatable bonds is 4. The number of morpholine rings is 1. The Kier molecular flexibility index (Phi) is 6.58. The molecule has 1 fully saturated rings. The van der Waals surface area contributed by atoms with E-state index in [9.17, 15) is 13.2 Å². The largest absolute Gasteiger partial charge is 0.481 e. The minimum absolute atomic E-state index is 0.387. The lowest BCUT2D eigenvalue weighted by molar-refractivity contribution is -0.137. The van der Waals surface area contributed by atoms with Crippen molar-refractivity contribution in [2.24, 2.45) is 4.99 Å². The van der Waals surface area contributed by atoms with Gasteiger partial charge in [0.25, 0.3) is 0 Å². The molecule has 2 heterocycles. The number of ether oxygens (including phenoxy) is 2. The highest BCUT2D eigenvalue weighted by atomic mass is 19.4. The number of alkyl halides is 3. The molecule has 0 spiro atoms. The molecule has 1 N–H and O–H groups in total. The summed E-state index contributed by atoms with van der Waals surface area (Å²) in [5, 5.41) is 3.26. The summed E-state index contributed by atoms with van der Waals surface area (Å²) in [6.07, 6.45) is -3.21. The topological polar surface area (TPSA) is 59.0 Å². The zero-order valence-corrected chi connectivity index (χ0v) is 16.2. The second-order valence-corrected chi connectivity index (χ2v) is 6.50. The first kappa shape index (κ1) is 20.9. The predicted octanol–water partition coefficient (Wildman–Crippen LogP) is 3.26.